The number of para-hydroxylation sites is 2. The summed E-state index contributed by atoms with van der Waals surface area (Å²) in [7, 11) is -3.19. The molecule has 9 aromatic rings. The molecule has 0 bridgehead atoms. The van der Waals surface area contributed by atoms with Crippen molar-refractivity contribution in [3.8, 4) is 22.4 Å². The molecule has 0 saturated heterocycles. The van der Waals surface area contributed by atoms with Gasteiger partial charge in [-0.05, 0) is 29.8 Å². The Morgan fingerprint density at radius 2 is 1.02 bits per heavy atom. The van der Waals surface area contributed by atoms with Crippen LogP contribution in [0.3, 0.4) is 0 Å². The summed E-state index contributed by atoms with van der Waals surface area (Å²) in [6, 6.07) is 57.0. The average molecular weight is 622 g/mol. The highest BCUT2D eigenvalue weighted by Crippen LogP contribution is 2.47. The minimum atomic E-state index is -3.19. The van der Waals surface area contributed by atoms with Crippen molar-refractivity contribution >= 4 is 66.7 Å². The van der Waals surface area contributed by atoms with Crippen LogP contribution in [0.15, 0.2) is 174 Å². The Morgan fingerprint density at radius 1 is 0.447 bits per heavy atom. The van der Waals surface area contributed by atoms with Crippen molar-refractivity contribution in [1.29, 1.82) is 0 Å². The Labute approximate surface area is 272 Å². The van der Waals surface area contributed by atoms with Crippen LogP contribution in [-0.2, 0) is 4.57 Å². The second-order valence-electron chi connectivity index (χ2n) is 11.8. The van der Waals surface area contributed by atoms with Gasteiger partial charge in [-0.3, -0.25) is 0 Å². The maximum Gasteiger partial charge on any atom is 0.171 e. The van der Waals surface area contributed by atoms with E-state index in [2.05, 4.69) is 72.8 Å². The number of benzene rings is 7. The van der Waals surface area contributed by atoms with Gasteiger partial charge in [-0.15, -0.1) is 0 Å². The van der Waals surface area contributed by atoms with Crippen molar-refractivity contribution in [2.24, 2.45) is 0 Å². The van der Waals surface area contributed by atoms with Crippen molar-refractivity contribution < 1.29 is 8.98 Å². The largest absolute Gasteiger partial charge is 0.456 e. The lowest BCUT2D eigenvalue weighted by Crippen LogP contribution is -2.25. The molecule has 7 aromatic carbocycles. The molecule has 47 heavy (non-hydrogen) atoms. The Kier molecular flexibility index (Phi) is 6.41. The molecule has 0 fully saturated rings. The van der Waals surface area contributed by atoms with E-state index in [1.807, 2.05) is 97.1 Å². The van der Waals surface area contributed by atoms with Crippen molar-refractivity contribution in [1.82, 2.24) is 4.98 Å². The topological polar surface area (TPSA) is 43.1 Å². The Bertz CT molecular complexity index is 2600. The Morgan fingerprint density at radius 3 is 1.74 bits per heavy atom. The van der Waals surface area contributed by atoms with Gasteiger partial charge in [0, 0.05) is 54.0 Å². The molecular weight excluding hydrogens is 593 g/mol. The highest BCUT2D eigenvalue weighted by molar-refractivity contribution is 7.85. The van der Waals surface area contributed by atoms with Gasteiger partial charge in [-0.25, -0.2) is 4.98 Å². The van der Waals surface area contributed by atoms with Crippen molar-refractivity contribution in [2.75, 3.05) is 0 Å². The molecule has 0 saturated carbocycles. The van der Waals surface area contributed by atoms with Crippen molar-refractivity contribution in [3.63, 3.8) is 0 Å². The molecule has 2 aromatic heterocycles. The zero-order valence-electron chi connectivity index (χ0n) is 25.4. The normalized spacial score (nSPS) is 11.9. The van der Waals surface area contributed by atoms with Crippen molar-refractivity contribution in [3.05, 3.63) is 170 Å². The summed E-state index contributed by atoms with van der Waals surface area (Å²) in [5, 5.41) is 7.73. The number of pyridine rings is 1. The molecule has 0 spiro atoms. The third-order valence-electron chi connectivity index (χ3n) is 9.11. The molecular formula is C43H28NO2P. The molecule has 0 N–H and O–H groups in total. The predicted molar refractivity (Wildman–Crippen MR) is 197 cm³/mol. The first-order chi connectivity index (χ1) is 23.2. The number of rotatable bonds is 5. The molecule has 9 rings (SSSR count). The van der Waals surface area contributed by atoms with Gasteiger partial charge in [-0.1, -0.05) is 146 Å². The fourth-order valence-electron chi connectivity index (χ4n) is 7.00. The molecule has 0 unspecified atom stereocenters. The SMILES string of the molecule is O=P(c1ccccc1)(c1ccccc1)c1cccc(-c2nc3ccccc3c3c(-c4ccccc4)c4c(cc23)oc2ccccc24)c1. The second-order valence-corrected chi connectivity index (χ2v) is 14.6. The highest BCUT2D eigenvalue weighted by Gasteiger charge is 2.30. The van der Waals surface area contributed by atoms with E-state index in [9.17, 15) is 0 Å². The lowest BCUT2D eigenvalue weighted by Gasteiger charge is -2.21. The number of aromatic nitrogens is 1. The van der Waals surface area contributed by atoms with Gasteiger partial charge in [0.05, 0.1) is 11.2 Å². The first-order valence-electron chi connectivity index (χ1n) is 15.7. The molecule has 4 heteroatoms. The van der Waals surface area contributed by atoms with Crippen LogP contribution in [0.1, 0.15) is 0 Å². The molecule has 0 aliphatic rings. The number of nitrogens with zero attached hydrogens (tertiary/aromatic N) is 1. The summed E-state index contributed by atoms with van der Waals surface area (Å²) in [4.78, 5) is 5.31. The minimum Gasteiger partial charge on any atom is -0.456 e. The third-order valence-corrected chi connectivity index (χ3v) is 12.2. The van der Waals surface area contributed by atoms with Gasteiger partial charge in [0.25, 0.3) is 0 Å². The van der Waals surface area contributed by atoms with Crippen LogP contribution in [0.2, 0.25) is 0 Å². The number of hydrogen-bond acceptors (Lipinski definition) is 3. The van der Waals surface area contributed by atoms with E-state index < -0.39 is 7.14 Å². The van der Waals surface area contributed by atoms with Crippen LogP contribution in [0.5, 0.6) is 0 Å². The quantitative estimate of drug-likeness (QED) is 0.142. The lowest BCUT2D eigenvalue weighted by atomic mass is 9.89. The van der Waals surface area contributed by atoms with E-state index >= 15 is 4.57 Å². The summed E-state index contributed by atoms with van der Waals surface area (Å²) < 4.78 is 21.9. The molecule has 0 aliphatic carbocycles. The Hall–Kier alpha value is -5.76. The minimum absolute atomic E-state index is 0.767. The van der Waals surface area contributed by atoms with Crippen LogP contribution in [0.25, 0.3) is 66.0 Å². The first-order valence-corrected chi connectivity index (χ1v) is 17.5. The summed E-state index contributed by atoms with van der Waals surface area (Å²) in [6.07, 6.45) is 0. The molecule has 222 valence electrons. The molecule has 0 aliphatic heterocycles. The monoisotopic (exact) mass is 621 g/mol. The van der Waals surface area contributed by atoms with Gasteiger partial charge in [0.2, 0.25) is 0 Å². The van der Waals surface area contributed by atoms with E-state index in [0.29, 0.717) is 0 Å². The van der Waals surface area contributed by atoms with E-state index in [1.165, 1.54) is 0 Å². The molecule has 0 atom stereocenters. The van der Waals surface area contributed by atoms with Gasteiger partial charge < -0.3 is 8.98 Å². The summed E-state index contributed by atoms with van der Waals surface area (Å²) in [5.74, 6) is 0. The number of furan rings is 1. The third kappa shape index (κ3) is 4.35. The van der Waals surface area contributed by atoms with Crippen LogP contribution in [0.4, 0.5) is 0 Å². The number of hydrogen-bond donors (Lipinski definition) is 0. The van der Waals surface area contributed by atoms with Gasteiger partial charge in [-0.2, -0.15) is 0 Å². The second kappa shape index (κ2) is 10.9. The van der Waals surface area contributed by atoms with Crippen LogP contribution < -0.4 is 15.9 Å². The smallest absolute Gasteiger partial charge is 0.171 e. The summed E-state index contributed by atoms with van der Waals surface area (Å²) >= 11 is 0. The van der Waals surface area contributed by atoms with Crippen LogP contribution in [-0.4, -0.2) is 4.98 Å². The highest BCUT2D eigenvalue weighted by atomic mass is 31.2. The molecule has 2 heterocycles. The molecule has 0 amide bonds. The summed E-state index contributed by atoms with van der Waals surface area (Å²) in [6.45, 7) is 0. The first kappa shape index (κ1) is 27.5. The van der Waals surface area contributed by atoms with E-state index in [4.69, 9.17) is 9.40 Å². The maximum absolute atomic E-state index is 15.4. The Balaban J connectivity index is 1.40. The maximum atomic E-state index is 15.4. The van der Waals surface area contributed by atoms with Gasteiger partial charge in [0.1, 0.15) is 11.2 Å². The standard InChI is InChI=1S/C43H28NO2P/c45-47(31-18-6-2-7-19-31,32-20-8-3-9-21-32)33-22-14-17-30(27-33)43-36-28-39-42(35-24-11-13-26-38(35)46-39)40(29-15-4-1-5-16-29)41(36)34-23-10-12-25-37(34)44-43/h1-28H. The van der Waals surface area contributed by atoms with Gasteiger partial charge in [0.15, 0.2) is 7.14 Å². The fraction of sp³-hybridized carbons (Fsp3) is 0. The zero-order valence-corrected chi connectivity index (χ0v) is 26.3. The number of fused-ring (bicyclic) bond motifs is 6. The van der Waals surface area contributed by atoms with Crippen LogP contribution >= 0.6 is 7.14 Å². The van der Waals surface area contributed by atoms with Gasteiger partial charge >= 0.3 is 0 Å². The predicted octanol–water partition coefficient (Wildman–Crippen LogP) is 10.3. The van der Waals surface area contributed by atoms with E-state index in [-0.39, 0.29) is 0 Å². The lowest BCUT2D eigenvalue weighted by molar-refractivity contribution is 0.592. The zero-order chi connectivity index (χ0) is 31.4. The van der Waals surface area contributed by atoms with E-state index in [0.717, 1.165) is 81.9 Å². The van der Waals surface area contributed by atoms with E-state index in [1.54, 1.807) is 0 Å². The average Bonchev–Trinajstić information content (AvgIpc) is 3.52. The molecule has 3 nitrogen and oxygen atoms in total. The summed E-state index contributed by atoms with van der Waals surface area (Å²) in [5.41, 5.74) is 6.53. The van der Waals surface area contributed by atoms with Crippen molar-refractivity contribution in [2.45, 2.75) is 0 Å². The fourth-order valence-corrected chi connectivity index (χ4v) is 9.70. The molecule has 0 radical (unpaired) electrons. The van der Waals surface area contributed by atoms with Crippen LogP contribution in [0, 0.1) is 0 Å².